The van der Waals surface area contributed by atoms with Crippen molar-refractivity contribution in [3.05, 3.63) is 35.4 Å². The van der Waals surface area contributed by atoms with Gasteiger partial charge in [0.2, 0.25) is 0 Å². The Hall–Kier alpha value is -1.00. The summed E-state index contributed by atoms with van der Waals surface area (Å²) in [4.78, 5) is 0. The van der Waals surface area contributed by atoms with Crippen LogP contribution in [0.4, 0.5) is 8.78 Å². The number of benzene rings is 1. The Morgan fingerprint density at radius 3 is 2.95 bits per heavy atom. The summed E-state index contributed by atoms with van der Waals surface area (Å²) >= 11 is 0. The van der Waals surface area contributed by atoms with Gasteiger partial charge in [0.1, 0.15) is 11.6 Å². The molecule has 106 valence electrons. The van der Waals surface area contributed by atoms with Crippen molar-refractivity contribution in [1.29, 1.82) is 0 Å². The molecule has 0 aromatic heterocycles. The molecule has 2 nitrogen and oxygen atoms in total. The Morgan fingerprint density at radius 2 is 2.26 bits per heavy atom. The van der Waals surface area contributed by atoms with Crippen molar-refractivity contribution in [3.63, 3.8) is 0 Å². The highest BCUT2D eigenvalue weighted by molar-refractivity contribution is 5.22. The minimum Gasteiger partial charge on any atom is -0.378 e. The van der Waals surface area contributed by atoms with E-state index in [4.69, 9.17) is 4.74 Å². The Labute approximate surface area is 113 Å². The van der Waals surface area contributed by atoms with Crippen molar-refractivity contribution in [2.45, 2.75) is 44.8 Å². The molecule has 2 atom stereocenters. The highest BCUT2D eigenvalue weighted by Crippen LogP contribution is 2.26. The molecule has 4 heteroatoms. The maximum Gasteiger partial charge on any atom is 0.128 e. The topological polar surface area (TPSA) is 21.3 Å². The zero-order chi connectivity index (χ0) is 13.7. The van der Waals surface area contributed by atoms with Gasteiger partial charge in [-0.05, 0) is 50.4 Å². The number of nitrogens with one attached hydrogen (secondary N) is 1. The van der Waals surface area contributed by atoms with Gasteiger partial charge in [-0.1, -0.05) is 6.92 Å². The summed E-state index contributed by atoms with van der Waals surface area (Å²) in [6.07, 6.45) is 4.10. The molecule has 19 heavy (non-hydrogen) atoms. The van der Waals surface area contributed by atoms with E-state index in [0.29, 0.717) is 5.56 Å². The quantitative estimate of drug-likeness (QED) is 0.852. The standard InChI is InChI=1S/C15H21F2NO/c1-2-18-15(8-6-12-4-3-9-19-12)13-10-11(16)5-7-14(13)17/h5,7,10,12,15,18H,2-4,6,8-9H2,1H3. The predicted molar refractivity (Wildman–Crippen MR) is 71.0 cm³/mol. The van der Waals surface area contributed by atoms with Gasteiger partial charge >= 0.3 is 0 Å². The van der Waals surface area contributed by atoms with Crippen molar-refractivity contribution in [2.75, 3.05) is 13.2 Å². The van der Waals surface area contributed by atoms with Gasteiger partial charge < -0.3 is 10.1 Å². The van der Waals surface area contributed by atoms with E-state index in [0.717, 1.165) is 44.9 Å². The van der Waals surface area contributed by atoms with Gasteiger partial charge in [-0.2, -0.15) is 0 Å². The van der Waals surface area contributed by atoms with Crippen molar-refractivity contribution in [1.82, 2.24) is 5.32 Å². The van der Waals surface area contributed by atoms with Gasteiger partial charge in [0.05, 0.1) is 6.10 Å². The molecule has 1 aromatic carbocycles. The minimum absolute atomic E-state index is 0.148. The highest BCUT2D eigenvalue weighted by Gasteiger charge is 2.20. The molecule has 1 saturated heterocycles. The Bertz CT molecular complexity index is 405. The highest BCUT2D eigenvalue weighted by atomic mass is 19.1. The van der Waals surface area contributed by atoms with Crippen LogP contribution in [0.5, 0.6) is 0 Å². The first kappa shape index (κ1) is 14.4. The van der Waals surface area contributed by atoms with Gasteiger partial charge in [-0.15, -0.1) is 0 Å². The van der Waals surface area contributed by atoms with E-state index in [-0.39, 0.29) is 18.0 Å². The van der Waals surface area contributed by atoms with Crippen LogP contribution in [0.1, 0.15) is 44.2 Å². The van der Waals surface area contributed by atoms with Crippen LogP contribution in [0.25, 0.3) is 0 Å². The molecule has 1 aliphatic heterocycles. The first-order chi connectivity index (χ1) is 9.20. The maximum absolute atomic E-state index is 13.8. The van der Waals surface area contributed by atoms with Crippen LogP contribution in [0.15, 0.2) is 18.2 Å². The second-order valence-electron chi connectivity index (χ2n) is 4.99. The largest absolute Gasteiger partial charge is 0.378 e. The van der Waals surface area contributed by atoms with Crippen LogP contribution in [-0.2, 0) is 4.74 Å². The molecule has 1 fully saturated rings. The van der Waals surface area contributed by atoms with E-state index in [1.165, 1.54) is 12.1 Å². The molecular formula is C15H21F2NO. The molecule has 1 N–H and O–H groups in total. The maximum atomic E-state index is 13.8. The molecule has 0 aliphatic carbocycles. The zero-order valence-corrected chi connectivity index (χ0v) is 11.3. The molecule has 0 spiro atoms. The van der Waals surface area contributed by atoms with Crippen LogP contribution >= 0.6 is 0 Å². The first-order valence-electron chi connectivity index (χ1n) is 7.00. The molecular weight excluding hydrogens is 248 g/mol. The van der Waals surface area contributed by atoms with E-state index < -0.39 is 5.82 Å². The predicted octanol–water partition coefficient (Wildman–Crippen LogP) is 3.57. The molecule has 0 bridgehead atoms. The summed E-state index contributed by atoms with van der Waals surface area (Å²) in [7, 11) is 0. The van der Waals surface area contributed by atoms with Crippen LogP contribution in [0.2, 0.25) is 0 Å². The molecule has 2 unspecified atom stereocenters. The third-order valence-corrected chi connectivity index (χ3v) is 3.59. The van der Waals surface area contributed by atoms with E-state index in [9.17, 15) is 8.78 Å². The third kappa shape index (κ3) is 3.98. The lowest BCUT2D eigenvalue weighted by atomic mass is 9.98. The summed E-state index contributed by atoms with van der Waals surface area (Å²) in [5.74, 6) is -0.740. The van der Waals surface area contributed by atoms with E-state index >= 15 is 0 Å². The lowest BCUT2D eigenvalue weighted by Crippen LogP contribution is -2.23. The normalized spacial score (nSPS) is 20.7. The molecule has 0 saturated carbocycles. The van der Waals surface area contributed by atoms with Crippen LogP contribution < -0.4 is 5.32 Å². The first-order valence-corrected chi connectivity index (χ1v) is 7.00. The summed E-state index contributed by atoms with van der Waals surface area (Å²) in [6.45, 7) is 3.52. The lowest BCUT2D eigenvalue weighted by molar-refractivity contribution is 0.0995. The summed E-state index contributed by atoms with van der Waals surface area (Å²) in [5, 5.41) is 3.23. The number of hydrogen-bond donors (Lipinski definition) is 1. The number of rotatable bonds is 6. The molecule has 0 amide bonds. The Kier molecular flexibility index (Phi) is 5.28. The Morgan fingerprint density at radius 1 is 1.42 bits per heavy atom. The van der Waals surface area contributed by atoms with Crippen LogP contribution in [0, 0.1) is 11.6 Å². The smallest absolute Gasteiger partial charge is 0.128 e. The lowest BCUT2D eigenvalue weighted by Gasteiger charge is -2.20. The van der Waals surface area contributed by atoms with E-state index in [1.807, 2.05) is 6.92 Å². The SMILES string of the molecule is CCNC(CCC1CCCO1)c1cc(F)ccc1F. The second-order valence-corrected chi connectivity index (χ2v) is 4.99. The average molecular weight is 269 g/mol. The van der Waals surface area contributed by atoms with Crippen molar-refractivity contribution in [3.8, 4) is 0 Å². The van der Waals surface area contributed by atoms with Gasteiger partial charge in [0.25, 0.3) is 0 Å². The fourth-order valence-corrected chi connectivity index (χ4v) is 2.62. The van der Waals surface area contributed by atoms with Crippen molar-refractivity contribution >= 4 is 0 Å². The van der Waals surface area contributed by atoms with E-state index in [2.05, 4.69) is 5.32 Å². The van der Waals surface area contributed by atoms with Crippen molar-refractivity contribution in [2.24, 2.45) is 0 Å². The summed E-state index contributed by atoms with van der Waals surface area (Å²) in [5.41, 5.74) is 0.417. The molecule has 0 radical (unpaired) electrons. The summed E-state index contributed by atoms with van der Waals surface area (Å²) < 4.78 is 32.7. The Balaban J connectivity index is 2.03. The fraction of sp³-hybridized carbons (Fsp3) is 0.600. The number of hydrogen-bond acceptors (Lipinski definition) is 2. The summed E-state index contributed by atoms with van der Waals surface area (Å²) in [6, 6.07) is 3.49. The molecule has 1 aromatic rings. The zero-order valence-electron chi connectivity index (χ0n) is 11.3. The number of halogens is 2. The second kappa shape index (κ2) is 6.96. The molecule has 1 heterocycles. The third-order valence-electron chi connectivity index (χ3n) is 3.59. The van der Waals surface area contributed by atoms with Crippen LogP contribution in [-0.4, -0.2) is 19.3 Å². The fourth-order valence-electron chi connectivity index (χ4n) is 2.62. The van der Waals surface area contributed by atoms with Gasteiger partial charge in [-0.3, -0.25) is 0 Å². The monoisotopic (exact) mass is 269 g/mol. The van der Waals surface area contributed by atoms with E-state index in [1.54, 1.807) is 0 Å². The molecule has 1 aliphatic rings. The number of ether oxygens (including phenoxy) is 1. The minimum atomic E-state index is -0.392. The van der Waals surface area contributed by atoms with Crippen molar-refractivity contribution < 1.29 is 13.5 Å². The molecule has 2 rings (SSSR count). The van der Waals surface area contributed by atoms with Crippen LogP contribution in [0.3, 0.4) is 0 Å². The van der Waals surface area contributed by atoms with Gasteiger partial charge in [0, 0.05) is 18.2 Å². The average Bonchev–Trinajstić information content (AvgIpc) is 2.91. The van der Waals surface area contributed by atoms with Gasteiger partial charge in [-0.25, -0.2) is 8.78 Å². The van der Waals surface area contributed by atoms with Gasteiger partial charge in [0.15, 0.2) is 0 Å².